The van der Waals surface area contributed by atoms with Crippen LogP contribution in [0.15, 0.2) is 24.3 Å². The lowest BCUT2D eigenvalue weighted by atomic mass is 10.3. The smallest absolute Gasteiger partial charge is 0.122 e. The number of hydrogen-bond acceptors (Lipinski definition) is 3. The van der Waals surface area contributed by atoms with Gasteiger partial charge in [-0.05, 0) is 19.1 Å². The van der Waals surface area contributed by atoms with E-state index >= 15 is 0 Å². The minimum Gasteiger partial charge on any atom is -0.386 e. The van der Waals surface area contributed by atoms with Gasteiger partial charge in [0.2, 0.25) is 0 Å². The number of aliphatic hydroxyl groups excluding tert-OH is 1. The second-order valence-electron chi connectivity index (χ2n) is 2.70. The van der Waals surface area contributed by atoms with Crippen molar-refractivity contribution >= 4 is 21.6 Å². The van der Waals surface area contributed by atoms with Gasteiger partial charge in [0, 0.05) is 0 Å². The number of hydrogen-bond donors (Lipinski definition) is 1. The van der Waals surface area contributed by atoms with Crippen LogP contribution in [0, 0.1) is 0 Å². The number of para-hydroxylation sites is 1. The Morgan fingerprint density at radius 3 is 2.83 bits per heavy atom. The zero-order valence-electron chi connectivity index (χ0n) is 6.69. The van der Waals surface area contributed by atoms with Gasteiger partial charge < -0.3 is 5.11 Å². The molecule has 0 spiro atoms. The molecule has 1 N–H and O–H groups in total. The fourth-order valence-electron chi connectivity index (χ4n) is 1.07. The van der Waals surface area contributed by atoms with Crippen molar-refractivity contribution < 1.29 is 5.11 Å². The highest BCUT2D eigenvalue weighted by Gasteiger charge is 2.06. The molecular formula is C9H9NOS. The molecule has 0 aliphatic heterocycles. The lowest BCUT2D eigenvalue weighted by Gasteiger charge is -1.93. The average molecular weight is 179 g/mol. The van der Waals surface area contributed by atoms with Gasteiger partial charge in [0.25, 0.3) is 0 Å². The maximum atomic E-state index is 9.27. The monoisotopic (exact) mass is 179 g/mol. The van der Waals surface area contributed by atoms with Crippen LogP contribution in [0.3, 0.4) is 0 Å². The summed E-state index contributed by atoms with van der Waals surface area (Å²) >= 11 is 1.54. The van der Waals surface area contributed by atoms with Crippen LogP contribution in [0.5, 0.6) is 0 Å². The first-order valence-electron chi connectivity index (χ1n) is 3.81. The van der Waals surface area contributed by atoms with Gasteiger partial charge in [-0.25, -0.2) is 4.98 Å². The standard InChI is InChI=1S/C9H9NOS/c1-6(11)9-10-7-4-2-3-5-8(7)12-9/h2-6,11H,1H3/t6-/m0/s1. The number of nitrogens with zero attached hydrogens (tertiary/aromatic N) is 1. The zero-order valence-corrected chi connectivity index (χ0v) is 7.51. The molecule has 3 heteroatoms. The summed E-state index contributed by atoms with van der Waals surface area (Å²) in [5.74, 6) is 0. The molecule has 0 bridgehead atoms. The topological polar surface area (TPSA) is 33.1 Å². The van der Waals surface area contributed by atoms with Crippen molar-refractivity contribution in [3.63, 3.8) is 0 Å². The predicted molar refractivity (Wildman–Crippen MR) is 50.3 cm³/mol. The molecule has 0 unspecified atom stereocenters. The van der Waals surface area contributed by atoms with Crippen molar-refractivity contribution in [3.05, 3.63) is 29.3 Å². The van der Waals surface area contributed by atoms with Gasteiger partial charge in [0.1, 0.15) is 11.1 Å². The molecule has 0 saturated carbocycles. The van der Waals surface area contributed by atoms with Crippen LogP contribution in [-0.4, -0.2) is 10.1 Å². The molecule has 0 radical (unpaired) electrons. The Kier molecular flexibility index (Phi) is 1.83. The van der Waals surface area contributed by atoms with E-state index in [-0.39, 0.29) is 0 Å². The van der Waals surface area contributed by atoms with Crippen LogP contribution in [0.4, 0.5) is 0 Å². The number of rotatable bonds is 1. The first kappa shape index (κ1) is 7.71. The van der Waals surface area contributed by atoms with Crippen LogP contribution in [0.1, 0.15) is 18.0 Å². The van der Waals surface area contributed by atoms with E-state index in [1.54, 1.807) is 18.3 Å². The van der Waals surface area contributed by atoms with Gasteiger partial charge in [-0.15, -0.1) is 11.3 Å². The highest BCUT2D eigenvalue weighted by atomic mass is 32.1. The lowest BCUT2D eigenvalue weighted by Crippen LogP contribution is -1.87. The van der Waals surface area contributed by atoms with E-state index in [9.17, 15) is 5.11 Å². The van der Waals surface area contributed by atoms with Crippen LogP contribution < -0.4 is 0 Å². The van der Waals surface area contributed by atoms with E-state index in [1.807, 2.05) is 24.3 Å². The first-order chi connectivity index (χ1) is 5.77. The molecule has 0 aliphatic rings. The number of benzene rings is 1. The molecule has 1 heterocycles. The summed E-state index contributed by atoms with van der Waals surface area (Å²) in [7, 11) is 0. The summed E-state index contributed by atoms with van der Waals surface area (Å²) in [6, 6.07) is 7.90. The Bertz CT molecular complexity index is 361. The maximum absolute atomic E-state index is 9.27. The molecule has 0 fully saturated rings. The first-order valence-corrected chi connectivity index (χ1v) is 4.62. The summed E-state index contributed by atoms with van der Waals surface area (Å²) in [5, 5.41) is 10.1. The highest BCUT2D eigenvalue weighted by Crippen LogP contribution is 2.25. The largest absolute Gasteiger partial charge is 0.386 e. The third-order valence-corrected chi connectivity index (χ3v) is 2.87. The molecule has 1 atom stereocenters. The molecule has 0 amide bonds. The van der Waals surface area contributed by atoms with Gasteiger partial charge in [-0.1, -0.05) is 12.1 Å². The van der Waals surface area contributed by atoms with Crippen molar-refractivity contribution in [1.29, 1.82) is 0 Å². The third kappa shape index (κ3) is 1.21. The van der Waals surface area contributed by atoms with Gasteiger partial charge in [-0.2, -0.15) is 0 Å². The summed E-state index contributed by atoms with van der Waals surface area (Å²) in [6.45, 7) is 1.73. The van der Waals surface area contributed by atoms with Gasteiger partial charge in [-0.3, -0.25) is 0 Å². The molecule has 12 heavy (non-hydrogen) atoms. The summed E-state index contributed by atoms with van der Waals surface area (Å²) in [5.41, 5.74) is 0.971. The van der Waals surface area contributed by atoms with Crippen LogP contribution in [0.2, 0.25) is 0 Å². The average Bonchev–Trinajstić information content (AvgIpc) is 2.46. The van der Waals surface area contributed by atoms with Crippen molar-refractivity contribution in [2.45, 2.75) is 13.0 Å². The lowest BCUT2D eigenvalue weighted by molar-refractivity contribution is 0.199. The molecule has 0 saturated heterocycles. The Hall–Kier alpha value is -0.930. The van der Waals surface area contributed by atoms with Crippen LogP contribution >= 0.6 is 11.3 Å². The van der Waals surface area contributed by atoms with Gasteiger partial charge in [0.05, 0.1) is 10.2 Å². The number of fused-ring (bicyclic) bond motifs is 1. The molecule has 0 aliphatic carbocycles. The van der Waals surface area contributed by atoms with Crippen LogP contribution in [0.25, 0.3) is 10.2 Å². The Morgan fingerprint density at radius 1 is 1.42 bits per heavy atom. The van der Waals surface area contributed by atoms with Crippen molar-refractivity contribution in [1.82, 2.24) is 4.98 Å². The molecule has 2 nitrogen and oxygen atoms in total. The summed E-state index contributed by atoms with van der Waals surface area (Å²) in [4.78, 5) is 4.28. The molecular weight excluding hydrogens is 170 g/mol. The minimum absolute atomic E-state index is 0.456. The maximum Gasteiger partial charge on any atom is 0.122 e. The fraction of sp³-hybridized carbons (Fsp3) is 0.222. The van der Waals surface area contributed by atoms with Crippen molar-refractivity contribution in [2.75, 3.05) is 0 Å². The highest BCUT2D eigenvalue weighted by molar-refractivity contribution is 7.18. The fourth-order valence-corrected chi connectivity index (χ4v) is 1.97. The van der Waals surface area contributed by atoms with Crippen LogP contribution in [-0.2, 0) is 0 Å². The van der Waals surface area contributed by atoms with Crippen molar-refractivity contribution in [3.8, 4) is 0 Å². The molecule has 2 rings (SSSR count). The molecule has 1 aromatic heterocycles. The second kappa shape index (κ2) is 2.84. The predicted octanol–water partition coefficient (Wildman–Crippen LogP) is 2.35. The Morgan fingerprint density at radius 2 is 2.17 bits per heavy atom. The van der Waals surface area contributed by atoms with E-state index in [0.29, 0.717) is 0 Å². The van der Waals surface area contributed by atoms with Gasteiger partial charge in [0.15, 0.2) is 0 Å². The van der Waals surface area contributed by atoms with Gasteiger partial charge >= 0.3 is 0 Å². The third-order valence-electron chi connectivity index (χ3n) is 1.67. The van der Waals surface area contributed by atoms with E-state index in [4.69, 9.17) is 0 Å². The summed E-state index contributed by atoms with van der Waals surface area (Å²) < 4.78 is 1.13. The van der Waals surface area contributed by atoms with E-state index in [0.717, 1.165) is 15.2 Å². The van der Waals surface area contributed by atoms with E-state index in [2.05, 4.69) is 4.98 Å². The quantitative estimate of drug-likeness (QED) is 0.729. The molecule has 62 valence electrons. The molecule has 2 aromatic rings. The van der Waals surface area contributed by atoms with E-state index < -0.39 is 6.10 Å². The number of aromatic nitrogens is 1. The Balaban J connectivity index is 2.62. The Labute approximate surface area is 74.5 Å². The summed E-state index contributed by atoms with van der Waals surface area (Å²) in [6.07, 6.45) is -0.456. The van der Waals surface area contributed by atoms with Crippen molar-refractivity contribution in [2.24, 2.45) is 0 Å². The second-order valence-corrected chi connectivity index (χ2v) is 3.76. The number of aliphatic hydroxyl groups is 1. The van der Waals surface area contributed by atoms with E-state index in [1.165, 1.54) is 0 Å². The molecule has 1 aromatic carbocycles. The number of thiazole rings is 1. The normalized spacial score (nSPS) is 13.5. The minimum atomic E-state index is -0.456. The zero-order chi connectivity index (χ0) is 8.55. The SMILES string of the molecule is C[C@H](O)c1nc2ccccc2s1.